The number of benzene rings is 2. The number of fused-ring (bicyclic) bond motifs is 1. The van der Waals surface area contributed by atoms with Crippen LogP contribution in [0.4, 0.5) is 0 Å². The third-order valence-corrected chi connectivity index (χ3v) is 5.75. The van der Waals surface area contributed by atoms with Crippen LogP contribution >= 0.6 is 0 Å². The first-order valence-corrected chi connectivity index (χ1v) is 9.81. The van der Waals surface area contributed by atoms with Gasteiger partial charge in [0.15, 0.2) is 0 Å². The molecule has 24 heavy (non-hydrogen) atoms. The van der Waals surface area contributed by atoms with Crippen LogP contribution in [0.15, 0.2) is 47.4 Å². The number of rotatable bonds is 6. The second kappa shape index (κ2) is 7.61. The molecule has 1 N–H and O–H groups in total. The predicted molar refractivity (Wildman–Crippen MR) is 95.6 cm³/mol. The van der Waals surface area contributed by atoms with Crippen molar-refractivity contribution in [3.8, 4) is 0 Å². The van der Waals surface area contributed by atoms with Gasteiger partial charge in [-0.05, 0) is 28.8 Å². The molecule has 1 heterocycles. The average Bonchev–Trinajstić information content (AvgIpc) is 2.60. The Kier molecular flexibility index (Phi) is 5.50. The quantitative estimate of drug-likeness (QED) is 0.868. The number of sulfonamides is 1. The van der Waals surface area contributed by atoms with Crippen molar-refractivity contribution in [2.75, 3.05) is 39.4 Å². The number of ether oxygens (including phenoxy) is 1. The molecule has 1 saturated heterocycles. The van der Waals surface area contributed by atoms with Crippen LogP contribution in [0, 0.1) is 5.92 Å². The van der Waals surface area contributed by atoms with Crippen LogP contribution in [0.25, 0.3) is 10.8 Å². The zero-order valence-corrected chi connectivity index (χ0v) is 14.8. The molecule has 0 amide bonds. The van der Waals surface area contributed by atoms with Gasteiger partial charge in [-0.25, -0.2) is 13.1 Å². The SMILES string of the molecule is CC(CNS(=O)(=O)c1ccc2ccccc2c1)CN1CCOCC1. The maximum atomic E-state index is 12.5. The van der Waals surface area contributed by atoms with E-state index in [1.165, 1.54) is 0 Å². The van der Waals surface area contributed by atoms with Gasteiger partial charge in [-0.2, -0.15) is 0 Å². The molecule has 0 radical (unpaired) electrons. The summed E-state index contributed by atoms with van der Waals surface area (Å²) in [7, 11) is -3.48. The summed E-state index contributed by atoms with van der Waals surface area (Å²) in [6.07, 6.45) is 0. The van der Waals surface area contributed by atoms with E-state index in [4.69, 9.17) is 4.74 Å². The molecule has 1 aliphatic rings. The van der Waals surface area contributed by atoms with E-state index >= 15 is 0 Å². The summed E-state index contributed by atoms with van der Waals surface area (Å²) in [5.74, 6) is 0.248. The monoisotopic (exact) mass is 348 g/mol. The van der Waals surface area contributed by atoms with E-state index in [-0.39, 0.29) is 5.92 Å². The highest BCUT2D eigenvalue weighted by molar-refractivity contribution is 7.89. The molecule has 0 spiro atoms. The first kappa shape index (κ1) is 17.4. The summed E-state index contributed by atoms with van der Waals surface area (Å²) >= 11 is 0. The van der Waals surface area contributed by atoms with Crippen molar-refractivity contribution in [2.24, 2.45) is 5.92 Å². The summed E-state index contributed by atoms with van der Waals surface area (Å²) in [6.45, 7) is 6.74. The Morgan fingerprint density at radius 2 is 1.83 bits per heavy atom. The molecule has 3 rings (SSSR count). The minimum Gasteiger partial charge on any atom is -0.379 e. The van der Waals surface area contributed by atoms with Crippen LogP contribution in [0.2, 0.25) is 0 Å². The highest BCUT2D eigenvalue weighted by Crippen LogP contribution is 2.19. The fourth-order valence-corrected chi connectivity index (χ4v) is 4.16. The zero-order valence-electron chi connectivity index (χ0n) is 13.9. The number of nitrogens with zero attached hydrogens (tertiary/aromatic N) is 1. The van der Waals surface area contributed by atoms with Crippen molar-refractivity contribution < 1.29 is 13.2 Å². The normalized spacial score (nSPS) is 17.9. The highest BCUT2D eigenvalue weighted by atomic mass is 32.2. The van der Waals surface area contributed by atoms with E-state index in [1.54, 1.807) is 12.1 Å². The Morgan fingerprint density at radius 1 is 1.12 bits per heavy atom. The summed E-state index contributed by atoms with van der Waals surface area (Å²) in [5, 5.41) is 1.97. The molecule has 2 aromatic rings. The summed E-state index contributed by atoms with van der Waals surface area (Å²) in [6, 6.07) is 13.0. The molecule has 6 heteroatoms. The minimum atomic E-state index is -3.48. The second-order valence-electron chi connectivity index (χ2n) is 6.38. The van der Waals surface area contributed by atoms with Gasteiger partial charge in [0, 0.05) is 26.2 Å². The zero-order chi connectivity index (χ0) is 17.0. The Bertz CT molecular complexity index is 786. The first-order chi connectivity index (χ1) is 11.5. The fraction of sp³-hybridized carbons (Fsp3) is 0.444. The minimum absolute atomic E-state index is 0.248. The smallest absolute Gasteiger partial charge is 0.240 e. The van der Waals surface area contributed by atoms with E-state index < -0.39 is 10.0 Å². The van der Waals surface area contributed by atoms with Gasteiger partial charge in [-0.15, -0.1) is 0 Å². The Morgan fingerprint density at radius 3 is 2.58 bits per heavy atom. The molecule has 1 fully saturated rings. The van der Waals surface area contributed by atoms with Crippen molar-refractivity contribution >= 4 is 20.8 Å². The number of hydrogen-bond donors (Lipinski definition) is 1. The van der Waals surface area contributed by atoms with Crippen LogP contribution in [0.3, 0.4) is 0 Å². The van der Waals surface area contributed by atoms with Crippen LogP contribution in [0.5, 0.6) is 0 Å². The highest BCUT2D eigenvalue weighted by Gasteiger charge is 2.18. The lowest BCUT2D eigenvalue weighted by Gasteiger charge is -2.29. The average molecular weight is 348 g/mol. The Labute approximate surface area is 143 Å². The van der Waals surface area contributed by atoms with E-state index in [2.05, 4.69) is 16.5 Å². The molecule has 5 nitrogen and oxygen atoms in total. The second-order valence-corrected chi connectivity index (χ2v) is 8.15. The molecule has 0 saturated carbocycles. The van der Waals surface area contributed by atoms with E-state index in [0.717, 1.165) is 43.6 Å². The molecule has 2 aromatic carbocycles. The molecule has 0 aliphatic carbocycles. The van der Waals surface area contributed by atoms with Gasteiger partial charge < -0.3 is 4.74 Å². The van der Waals surface area contributed by atoms with Gasteiger partial charge >= 0.3 is 0 Å². The Balaban J connectivity index is 1.61. The van der Waals surface area contributed by atoms with Crippen molar-refractivity contribution in [2.45, 2.75) is 11.8 Å². The van der Waals surface area contributed by atoms with Crippen molar-refractivity contribution in [3.05, 3.63) is 42.5 Å². The maximum absolute atomic E-state index is 12.5. The molecule has 1 aliphatic heterocycles. The van der Waals surface area contributed by atoms with E-state index in [0.29, 0.717) is 11.4 Å². The number of hydrogen-bond acceptors (Lipinski definition) is 4. The van der Waals surface area contributed by atoms with Crippen molar-refractivity contribution in [1.82, 2.24) is 9.62 Å². The van der Waals surface area contributed by atoms with Gasteiger partial charge in [0.05, 0.1) is 18.1 Å². The van der Waals surface area contributed by atoms with Crippen LogP contribution in [-0.4, -0.2) is 52.7 Å². The first-order valence-electron chi connectivity index (χ1n) is 8.33. The molecule has 1 atom stereocenters. The van der Waals surface area contributed by atoms with Gasteiger partial charge in [0.25, 0.3) is 0 Å². The number of nitrogens with one attached hydrogen (secondary N) is 1. The molecule has 0 bridgehead atoms. The summed E-state index contributed by atoms with van der Waals surface area (Å²) in [5.41, 5.74) is 0. The molecular weight excluding hydrogens is 324 g/mol. The molecular formula is C18H24N2O3S. The summed E-state index contributed by atoms with van der Waals surface area (Å²) < 4.78 is 33.1. The number of morpholine rings is 1. The lowest BCUT2D eigenvalue weighted by Crippen LogP contribution is -2.41. The van der Waals surface area contributed by atoms with Gasteiger partial charge in [-0.3, -0.25) is 4.90 Å². The van der Waals surface area contributed by atoms with E-state index in [9.17, 15) is 8.42 Å². The molecule has 0 aromatic heterocycles. The van der Waals surface area contributed by atoms with Crippen LogP contribution in [0.1, 0.15) is 6.92 Å². The van der Waals surface area contributed by atoms with Crippen LogP contribution in [-0.2, 0) is 14.8 Å². The van der Waals surface area contributed by atoms with Crippen molar-refractivity contribution in [1.29, 1.82) is 0 Å². The van der Waals surface area contributed by atoms with Gasteiger partial charge in [0.2, 0.25) is 10.0 Å². The van der Waals surface area contributed by atoms with E-state index in [1.807, 2.05) is 30.3 Å². The summed E-state index contributed by atoms with van der Waals surface area (Å²) in [4.78, 5) is 2.64. The lowest BCUT2D eigenvalue weighted by molar-refractivity contribution is 0.0321. The molecule has 130 valence electrons. The fourth-order valence-electron chi connectivity index (χ4n) is 2.96. The third kappa shape index (κ3) is 4.33. The van der Waals surface area contributed by atoms with Gasteiger partial charge in [0.1, 0.15) is 0 Å². The third-order valence-electron chi connectivity index (χ3n) is 4.33. The lowest BCUT2D eigenvalue weighted by atomic mass is 10.1. The van der Waals surface area contributed by atoms with Crippen LogP contribution < -0.4 is 4.72 Å². The largest absolute Gasteiger partial charge is 0.379 e. The van der Waals surface area contributed by atoms with Gasteiger partial charge in [-0.1, -0.05) is 37.3 Å². The topological polar surface area (TPSA) is 58.6 Å². The van der Waals surface area contributed by atoms with Crippen molar-refractivity contribution in [3.63, 3.8) is 0 Å². The predicted octanol–water partition coefficient (Wildman–Crippen LogP) is 2.09. The molecule has 1 unspecified atom stereocenters. The standard InChI is InChI=1S/C18H24N2O3S/c1-15(14-20-8-10-23-11-9-20)13-19-24(21,22)18-7-6-16-4-2-3-5-17(16)12-18/h2-7,12,15,19H,8-11,13-14H2,1H3. The Hall–Kier alpha value is -1.47. The maximum Gasteiger partial charge on any atom is 0.240 e.